The highest BCUT2D eigenvalue weighted by atomic mass is 127. The SMILES string of the molecule is CN=C(NCc1ccc(C)cc1OCC1CCOC1)NCC1C2Cc3ccccc3C12.I. The Balaban J connectivity index is 0.00000245. The topological polar surface area (TPSA) is 54.9 Å². The van der Waals surface area contributed by atoms with Crippen LogP contribution in [0.1, 0.15) is 34.6 Å². The molecular formula is C26H34IN3O2. The van der Waals surface area contributed by atoms with E-state index in [9.17, 15) is 0 Å². The van der Waals surface area contributed by atoms with Crippen molar-refractivity contribution in [3.8, 4) is 5.75 Å². The van der Waals surface area contributed by atoms with Gasteiger partial charge in [-0.3, -0.25) is 4.99 Å². The molecule has 2 fully saturated rings. The molecule has 2 aromatic carbocycles. The Morgan fingerprint density at radius 1 is 1.19 bits per heavy atom. The number of nitrogens with one attached hydrogen (secondary N) is 2. The molecule has 0 radical (unpaired) electrons. The summed E-state index contributed by atoms with van der Waals surface area (Å²) in [6, 6.07) is 15.3. The third-order valence-electron chi connectivity index (χ3n) is 7.10. The maximum absolute atomic E-state index is 6.18. The lowest BCUT2D eigenvalue weighted by molar-refractivity contribution is 0.166. The molecule has 1 heterocycles. The monoisotopic (exact) mass is 547 g/mol. The molecule has 2 aliphatic carbocycles. The Morgan fingerprint density at radius 2 is 2.06 bits per heavy atom. The third kappa shape index (κ3) is 5.06. The van der Waals surface area contributed by atoms with Gasteiger partial charge in [0.1, 0.15) is 5.75 Å². The molecule has 4 unspecified atom stereocenters. The largest absolute Gasteiger partial charge is 0.493 e. The fraction of sp³-hybridized carbons (Fsp3) is 0.500. The fourth-order valence-corrected chi connectivity index (χ4v) is 5.24. The smallest absolute Gasteiger partial charge is 0.191 e. The molecule has 5 nitrogen and oxygen atoms in total. The predicted octanol–water partition coefficient (Wildman–Crippen LogP) is 4.28. The first-order valence-corrected chi connectivity index (χ1v) is 11.6. The lowest BCUT2D eigenvalue weighted by atomic mass is 10.0. The van der Waals surface area contributed by atoms with Crippen LogP contribution in [0.4, 0.5) is 0 Å². The number of guanidine groups is 1. The van der Waals surface area contributed by atoms with Gasteiger partial charge in [-0.05, 0) is 60.3 Å². The highest BCUT2D eigenvalue weighted by Crippen LogP contribution is 2.60. The predicted molar refractivity (Wildman–Crippen MR) is 139 cm³/mol. The van der Waals surface area contributed by atoms with Gasteiger partial charge in [-0.1, -0.05) is 36.4 Å². The van der Waals surface area contributed by atoms with E-state index in [4.69, 9.17) is 9.47 Å². The number of rotatable bonds is 7. The first-order valence-electron chi connectivity index (χ1n) is 11.6. The second-order valence-corrected chi connectivity index (χ2v) is 9.21. The first kappa shape index (κ1) is 23.4. The Hall–Kier alpha value is -1.80. The molecule has 4 atom stereocenters. The van der Waals surface area contributed by atoms with Crippen LogP contribution in [-0.2, 0) is 17.7 Å². The normalized spacial score (nSPS) is 25.5. The maximum atomic E-state index is 6.18. The number of halogens is 1. The summed E-state index contributed by atoms with van der Waals surface area (Å²) in [5, 5.41) is 7.03. The molecule has 0 aromatic heterocycles. The van der Waals surface area contributed by atoms with Crippen LogP contribution in [0.5, 0.6) is 5.75 Å². The van der Waals surface area contributed by atoms with E-state index in [1.54, 1.807) is 11.1 Å². The Kier molecular flexibility index (Phi) is 7.61. The molecule has 2 aromatic rings. The average Bonchev–Trinajstić information content (AvgIpc) is 3.12. The molecule has 0 bridgehead atoms. The first-order chi connectivity index (χ1) is 15.2. The minimum absolute atomic E-state index is 0. The number of hydrogen-bond donors (Lipinski definition) is 2. The number of benzene rings is 2. The molecule has 6 heteroatoms. The molecule has 3 aliphatic rings. The van der Waals surface area contributed by atoms with Gasteiger partial charge in [0.05, 0.1) is 13.2 Å². The molecular weight excluding hydrogens is 513 g/mol. The molecule has 1 saturated carbocycles. The number of hydrogen-bond acceptors (Lipinski definition) is 3. The highest BCUT2D eigenvalue weighted by molar-refractivity contribution is 14.0. The number of aliphatic imine (C=N–C) groups is 1. The van der Waals surface area contributed by atoms with Gasteiger partial charge in [0.2, 0.25) is 0 Å². The zero-order valence-corrected chi connectivity index (χ0v) is 21.3. The third-order valence-corrected chi connectivity index (χ3v) is 7.10. The lowest BCUT2D eigenvalue weighted by Crippen LogP contribution is -2.38. The lowest BCUT2D eigenvalue weighted by Gasteiger charge is -2.17. The molecule has 0 amide bonds. The van der Waals surface area contributed by atoms with Crippen molar-refractivity contribution in [2.24, 2.45) is 22.7 Å². The summed E-state index contributed by atoms with van der Waals surface area (Å²) < 4.78 is 11.7. The fourth-order valence-electron chi connectivity index (χ4n) is 5.24. The molecule has 2 N–H and O–H groups in total. The van der Waals surface area contributed by atoms with Crippen molar-refractivity contribution < 1.29 is 9.47 Å². The Labute approximate surface area is 208 Å². The molecule has 0 spiro atoms. The van der Waals surface area contributed by atoms with Gasteiger partial charge in [-0.25, -0.2) is 0 Å². The van der Waals surface area contributed by atoms with E-state index in [1.807, 2.05) is 7.05 Å². The van der Waals surface area contributed by atoms with Gasteiger partial charge in [0.15, 0.2) is 5.96 Å². The Morgan fingerprint density at radius 3 is 2.88 bits per heavy atom. The van der Waals surface area contributed by atoms with Crippen LogP contribution in [0.25, 0.3) is 0 Å². The van der Waals surface area contributed by atoms with E-state index >= 15 is 0 Å². The summed E-state index contributed by atoms with van der Waals surface area (Å²) in [5.41, 5.74) is 5.48. The summed E-state index contributed by atoms with van der Waals surface area (Å²) in [6.07, 6.45) is 2.32. The van der Waals surface area contributed by atoms with Crippen LogP contribution in [0, 0.1) is 24.7 Å². The molecule has 5 rings (SSSR count). The van der Waals surface area contributed by atoms with E-state index in [0.717, 1.165) is 67.8 Å². The minimum atomic E-state index is 0. The van der Waals surface area contributed by atoms with Crippen LogP contribution in [0.15, 0.2) is 47.5 Å². The number of ether oxygens (including phenoxy) is 2. The Bertz CT molecular complexity index is 958. The summed E-state index contributed by atoms with van der Waals surface area (Å²) in [5.74, 6) is 4.58. The number of nitrogens with zero attached hydrogens (tertiary/aromatic N) is 1. The second-order valence-electron chi connectivity index (χ2n) is 9.21. The quantitative estimate of drug-likeness (QED) is 0.309. The van der Waals surface area contributed by atoms with Gasteiger partial charge in [-0.2, -0.15) is 0 Å². The summed E-state index contributed by atoms with van der Waals surface area (Å²) >= 11 is 0. The van der Waals surface area contributed by atoms with E-state index in [1.165, 1.54) is 12.0 Å². The van der Waals surface area contributed by atoms with Gasteiger partial charge in [0.25, 0.3) is 0 Å². The molecule has 1 aliphatic heterocycles. The van der Waals surface area contributed by atoms with Crippen molar-refractivity contribution in [3.05, 3.63) is 64.7 Å². The minimum Gasteiger partial charge on any atom is -0.493 e. The van der Waals surface area contributed by atoms with Crippen LogP contribution in [-0.4, -0.2) is 39.4 Å². The zero-order valence-electron chi connectivity index (χ0n) is 19.0. The molecule has 1 saturated heterocycles. The van der Waals surface area contributed by atoms with Crippen LogP contribution in [0.2, 0.25) is 0 Å². The van der Waals surface area contributed by atoms with Crippen LogP contribution in [0.3, 0.4) is 0 Å². The highest BCUT2D eigenvalue weighted by Gasteiger charge is 2.54. The van der Waals surface area contributed by atoms with Crippen molar-refractivity contribution >= 4 is 29.9 Å². The summed E-state index contributed by atoms with van der Waals surface area (Å²) in [6.45, 7) is 6.15. The van der Waals surface area contributed by atoms with Crippen molar-refractivity contribution in [2.75, 3.05) is 33.4 Å². The zero-order chi connectivity index (χ0) is 21.2. The van der Waals surface area contributed by atoms with Crippen molar-refractivity contribution in [3.63, 3.8) is 0 Å². The second kappa shape index (κ2) is 10.4. The van der Waals surface area contributed by atoms with E-state index in [2.05, 4.69) is 65.0 Å². The average molecular weight is 547 g/mol. The number of fused-ring (bicyclic) bond motifs is 3. The van der Waals surface area contributed by atoms with Crippen molar-refractivity contribution in [1.29, 1.82) is 0 Å². The van der Waals surface area contributed by atoms with E-state index in [0.29, 0.717) is 12.5 Å². The standard InChI is InChI=1S/C26H33N3O2.HI/c1-17-7-8-20(24(11-17)31-16-18-9-10-30-15-18)13-28-26(27-2)29-14-23-22-12-19-5-3-4-6-21(19)25(22)23;/h3-8,11,18,22-23,25H,9-10,12-16H2,1-2H3,(H2,27,28,29);1H. The number of aryl methyl sites for hydroxylation is 1. The van der Waals surface area contributed by atoms with Crippen LogP contribution < -0.4 is 15.4 Å². The summed E-state index contributed by atoms with van der Waals surface area (Å²) in [4.78, 5) is 4.43. The van der Waals surface area contributed by atoms with Gasteiger partial charge >= 0.3 is 0 Å². The van der Waals surface area contributed by atoms with Gasteiger partial charge in [-0.15, -0.1) is 24.0 Å². The van der Waals surface area contributed by atoms with E-state index in [-0.39, 0.29) is 24.0 Å². The molecule has 32 heavy (non-hydrogen) atoms. The van der Waals surface area contributed by atoms with E-state index < -0.39 is 0 Å². The summed E-state index contributed by atoms with van der Waals surface area (Å²) in [7, 11) is 1.84. The van der Waals surface area contributed by atoms with Crippen molar-refractivity contribution in [1.82, 2.24) is 10.6 Å². The maximum Gasteiger partial charge on any atom is 0.191 e. The van der Waals surface area contributed by atoms with Crippen LogP contribution >= 0.6 is 24.0 Å². The van der Waals surface area contributed by atoms with Crippen molar-refractivity contribution in [2.45, 2.75) is 32.2 Å². The van der Waals surface area contributed by atoms with Gasteiger partial charge in [0, 0.05) is 38.2 Å². The van der Waals surface area contributed by atoms with Gasteiger partial charge < -0.3 is 20.1 Å². The molecule has 172 valence electrons.